The van der Waals surface area contributed by atoms with Crippen molar-refractivity contribution in [3.63, 3.8) is 0 Å². The molecule has 0 bridgehead atoms. The lowest BCUT2D eigenvalue weighted by molar-refractivity contribution is 0.0758. The van der Waals surface area contributed by atoms with Gasteiger partial charge in [-0.2, -0.15) is 0 Å². The van der Waals surface area contributed by atoms with Crippen LogP contribution in [0, 0.1) is 0 Å². The normalized spacial score (nSPS) is 17.1. The van der Waals surface area contributed by atoms with Crippen LogP contribution < -0.4 is 5.06 Å². The van der Waals surface area contributed by atoms with Crippen molar-refractivity contribution in [2.24, 2.45) is 0 Å². The minimum Gasteiger partial charge on any atom is -0.272 e. The first-order chi connectivity index (χ1) is 6.77. The molecular formula is C9H10BrClN2O. The third-order valence-electron chi connectivity index (χ3n) is 2.03. The maximum atomic E-state index is 5.80. The summed E-state index contributed by atoms with van der Waals surface area (Å²) in [5.74, 6) is 0.800. The molecule has 1 fully saturated rings. The van der Waals surface area contributed by atoms with Crippen LogP contribution in [-0.4, -0.2) is 18.1 Å². The third-order valence-corrected chi connectivity index (χ3v) is 2.82. The molecule has 0 saturated carbocycles. The van der Waals surface area contributed by atoms with E-state index in [1.807, 2.05) is 11.1 Å². The highest BCUT2D eigenvalue weighted by Crippen LogP contribution is 2.27. The molecule has 2 heterocycles. The Morgan fingerprint density at radius 3 is 3.00 bits per heavy atom. The largest absolute Gasteiger partial charge is 0.272 e. The topological polar surface area (TPSA) is 25.4 Å². The molecule has 14 heavy (non-hydrogen) atoms. The zero-order valence-electron chi connectivity index (χ0n) is 7.54. The Hall–Kier alpha value is -0.320. The van der Waals surface area contributed by atoms with Gasteiger partial charge >= 0.3 is 0 Å². The van der Waals surface area contributed by atoms with Crippen molar-refractivity contribution < 1.29 is 4.84 Å². The van der Waals surface area contributed by atoms with Gasteiger partial charge in [0.15, 0.2) is 5.82 Å². The first-order valence-corrected chi connectivity index (χ1v) is 5.66. The molecule has 0 aliphatic carbocycles. The van der Waals surface area contributed by atoms with Gasteiger partial charge in [-0.3, -0.25) is 4.84 Å². The van der Waals surface area contributed by atoms with Gasteiger partial charge in [0, 0.05) is 12.7 Å². The van der Waals surface area contributed by atoms with Crippen molar-refractivity contribution in [3.05, 3.63) is 21.8 Å². The lowest BCUT2D eigenvalue weighted by atomic mass is 10.3. The summed E-state index contributed by atoms with van der Waals surface area (Å²) in [6.45, 7) is 1.64. The van der Waals surface area contributed by atoms with E-state index < -0.39 is 0 Å². The number of anilines is 1. The van der Waals surface area contributed by atoms with Crippen LogP contribution in [0.1, 0.15) is 12.8 Å². The molecule has 76 valence electrons. The Morgan fingerprint density at radius 2 is 2.36 bits per heavy atom. The average Bonchev–Trinajstić information content (AvgIpc) is 2.19. The molecule has 0 amide bonds. The van der Waals surface area contributed by atoms with Crippen molar-refractivity contribution in [2.45, 2.75) is 12.8 Å². The molecule has 0 aromatic carbocycles. The van der Waals surface area contributed by atoms with Gasteiger partial charge in [0.1, 0.15) is 0 Å². The monoisotopic (exact) mass is 276 g/mol. The minimum atomic E-state index is 0.623. The van der Waals surface area contributed by atoms with E-state index in [9.17, 15) is 0 Å². The van der Waals surface area contributed by atoms with Crippen molar-refractivity contribution in [1.29, 1.82) is 0 Å². The Kier molecular flexibility index (Phi) is 3.26. The second-order valence-corrected chi connectivity index (χ2v) is 4.39. The lowest BCUT2D eigenvalue weighted by Gasteiger charge is -2.27. The van der Waals surface area contributed by atoms with Gasteiger partial charge in [-0.25, -0.2) is 10.0 Å². The maximum absolute atomic E-state index is 5.80. The molecule has 1 saturated heterocycles. The van der Waals surface area contributed by atoms with Crippen molar-refractivity contribution in [1.82, 2.24) is 4.98 Å². The SMILES string of the molecule is Clc1cnc(N2CCCCO2)c(Br)c1. The Labute approximate surface area is 96.1 Å². The fraction of sp³-hybridized carbons (Fsp3) is 0.444. The minimum absolute atomic E-state index is 0.623. The van der Waals surface area contributed by atoms with Crippen LogP contribution in [0.25, 0.3) is 0 Å². The van der Waals surface area contributed by atoms with Crippen LogP contribution >= 0.6 is 27.5 Å². The van der Waals surface area contributed by atoms with Gasteiger partial charge in [-0.05, 0) is 34.8 Å². The fourth-order valence-electron chi connectivity index (χ4n) is 1.35. The van der Waals surface area contributed by atoms with Gasteiger partial charge in [-0.1, -0.05) is 11.6 Å². The molecule has 0 atom stereocenters. The van der Waals surface area contributed by atoms with Gasteiger partial charge in [0.25, 0.3) is 0 Å². The van der Waals surface area contributed by atoms with Crippen LogP contribution in [0.3, 0.4) is 0 Å². The molecule has 2 rings (SSSR count). The van der Waals surface area contributed by atoms with Crippen LogP contribution in [-0.2, 0) is 4.84 Å². The van der Waals surface area contributed by atoms with Crippen molar-refractivity contribution in [2.75, 3.05) is 18.2 Å². The summed E-state index contributed by atoms with van der Waals surface area (Å²) in [6, 6.07) is 1.82. The number of hydroxylamine groups is 1. The highest BCUT2D eigenvalue weighted by molar-refractivity contribution is 9.10. The molecule has 1 aliphatic rings. The number of nitrogens with zero attached hydrogens (tertiary/aromatic N) is 2. The molecule has 1 aliphatic heterocycles. The Bertz CT molecular complexity index is 329. The average molecular weight is 278 g/mol. The van der Waals surface area contributed by atoms with E-state index in [0.717, 1.165) is 36.3 Å². The van der Waals surface area contributed by atoms with E-state index in [2.05, 4.69) is 20.9 Å². The summed E-state index contributed by atoms with van der Waals surface area (Å²) in [7, 11) is 0. The predicted octanol–water partition coefficient (Wildman–Crippen LogP) is 3.03. The number of rotatable bonds is 1. The second kappa shape index (κ2) is 4.47. The Balaban J connectivity index is 2.22. The van der Waals surface area contributed by atoms with E-state index in [4.69, 9.17) is 16.4 Å². The molecule has 3 nitrogen and oxygen atoms in total. The summed E-state index contributed by atoms with van der Waals surface area (Å²) in [5.41, 5.74) is 0. The molecule has 0 N–H and O–H groups in total. The zero-order valence-corrected chi connectivity index (χ0v) is 9.88. The standard InChI is InChI=1S/C9H10BrClN2O/c10-8-5-7(11)6-12-9(8)13-3-1-2-4-14-13/h5-6H,1-4H2. The van der Waals surface area contributed by atoms with Crippen molar-refractivity contribution >= 4 is 33.3 Å². The van der Waals surface area contributed by atoms with E-state index in [1.165, 1.54) is 0 Å². The van der Waals surface area contributed by atoms with Crippen LogP contribution in [0.5, 0.6) is 0 Å². The maximum Gasteiger partial charge on any atom is 0.166 e. The van der Waals surface area contributed by atoms with Crippen molar-refractivity contribution in [3.8, 4) is 0 Å². The molecule has 1 aromatic rings. The zero-order chi connectivity index (χ0) is 9.97. The van der Waals surface area contributed by atoms with Gasteiger partial charge in [0.05, 0.1) is 16.1 Å². The second-order valence-electron chi connectivity index (χ2n) is 3.10. The number of aromatic nitrogens is 1. The molecule has 5 heteroatoms. The number of hydrogen-bond acceptors (Lipinski definition) is 3. The summed E-state index contributed by atoms with van der Waals surface area (Å²) >= 11 is 9.22. The van der Waals surface area contributed by atoms with Crippen LogP contribution in [0.2, 0.25) is 5.02 Å². The van der Waals surface area contributed by atoms with Crippen LogP contribution in [0.4, 0.5) is 5.82 Å². The molecule has 0 unspecified atom stereocenters. The highest BCUT2D eigenvalue weighted by atomic mass is 79.9. The van der Waals surface area contributed by atoms with E-state index >= 15 is 0 Å². The lowest BCUT2D eigenvalue weighted by Crippen LogP contribution is -2.30. The number of hydrogen-bond donors (Lipinski definition) is 0. The van der Waals surface area contributed by atoms with Gasteiger partial charge in [0.2, 0.25) is 0 Å². The summed E-state index contributed by atoms with van der Waals surface area (Å²) in [6.07, 6.45) is 3.87. The van der Waals surface area contributed by atoms with E-state index in [0.29, 0.717) is 5.02 Å². The smallest absolute Gasteiger partial charge is 0.166 e. The summed E-state index contributed by atoms with van der Waals surface area (Å²) < 4.78 is 0.868. The summed E-state index contributed by atoms with van der Waals surface area (Å²) in [5, 5.41) is 2.43. The molecular weight excluding hydrogens is 267 g/mol. The number of pyridine rings is 1. The predicted molar refractivity (Wildman–Crippen MR) is 59.5 cm³/mol. The first kappa shape index (κ1) is 10.2. The first-order valence-electron chi connectivity index (χ1n) is 4.49. The molecule has 0 radical (unpaired) electrons. The molecule has 1 aromatic heterocycles. The summed E-state index contributed by atoms with van der Waals surface area (Å²) in [4.78, 5) is 9.71. The van der Waals surface area contributed by atoms with Gasteiger partial charge in [-0.15, -0.1) is 0 Å². The van der Waals surface area contributed by atoms with E-state index in [1.54, 1.807) is 6.20 Å². The third kappa shape index (κ3) is 2.19. The molecule has 0 spiro atoms. The number of halogens is 2. The van der Waals surface area contributed by atoms with E-state index in [-0.39, 0.29) is 0 Å². The fourth-order valence-corrected chi connectivity index (χ4v) is 2.19. The Morgan fingerprint density at radius 1 is 1.50 bits per heavy atom. The van der Waals surface area contributed by atoms with Gasteiger partial charge < -0.3 is 0 Å². The highest BCUT2D eigenvalue weighted by Gasteiger charge is 2.15. The van der Waals surface area contributed by atoms with Crippen LogP contribution in [0.15, 0.2) is 16.7 Å². The quantitative estimate of drug-likeness (QED) is 0.789.